The minimum absolute atomic E-state index is 0.0375. The highest BCUT2D eigenvalue weighted by Gasteiger charge is 2.30. The molecule has 1 N–H and O–H groups in total. The van der Waals surface area contributed by atoms with Crippen molar-refractivity contribution >= 4 is 12.0 Å². The third-order valence-corrected chi connectivity index (χ3v) is 3.40. The summed E-state index contributed by atoms with van der Waals surface area (Å²) in [4.78, 5) is 26.3. The predicted octanol–water partition coefficient (Wildman–Crippen LogP) is -0.561. The molecule has 108 valence electrons. The second kappa shape index (κ2) is 6.83. The average molecular weight is 272 g/mol. The summed E-state index contributed by atoms with van der Waals surface area (Å²) in [6.45, 7) is 2.84. The minimum atomic E-state index is -0.536. The molecule has 0 radical (unpaired) electrons. The molecule has 0 unspecified atom stereocenters. The van der Waals surface area contributed by atoms with Crippen LogP contribution in [0.1, 0.15) is 12.8 Å². The van der Waals surface area contributed by atoms with Gasteiger partial charge in [-0.1, -0.05) is 0 Å². The Morgan fingerprint density at radius 3 is 2.68 bits per heavy atom. The zero-order chi connectivity index (χ0) is 13.7. The maximum atomic E-state index is 11.9. The van der Waals surface area contributed by atoms with E-state index in [0.29, 0.717) is 19.8 Å². The number of nitrogens with zero attached hydrogens (tertiary/aromatic N) is 2. The van der Waals surface area contributed by atoms with Crippen LogP contribution in [-0.2, 0) is 14.3 Å². The van der Waals surface area contributed by atoms with Crippen LogP contribution < -0.4 is 0 Å². The molecule has 2 saturated heterocycles. The highest BCUT2D eigenvalue weighted by Crippen LogP contribution is 2.14. The molecule has 0 bridgehead atoms. The standard InChI is InChI=1S/C12H20N2O5/c15-6-8-18-10-1-3-13(4-2-10)9-11(16)14-5-7-19-12(14)17/h10,15H,1-9H2. The van der Waals surface area contributed by atoms with Gasteiger partial charge >= 0.3 is 6.09 Å². The van der Waals surface area contributed by atoms with Gasteiger partial charge in [-0.25, -0.2) is 9.69 Å². The number of piperidine rings is 1. The molecule has 7 heteroatoms. The molecule has 2 fully saturated rings. The number of imide groups is 1. The Labute approximate surface area is 112 Å². The van der Waals surface area contributed by atoms with Crippen molar-refractivity contribution in [3.8, 4) is 0 Å². The Morgan fingerprint density at radius 1 is 1.37 bits per heavy atom. The lowest BCUT2D eigenvalue weighted by Gasteiger charge is -2.31. The average Bonchev–Trinajstić information content (AvgIpc) is 2.84. The van der Waals surface area contributed by atoms with Crippen molar-refractivity contribution in [3.05, 3.63) is 0 Å². The summed E-state index contributed by atoms with van der Waals surface area (Å²) >= 11 is 0. The van der Waals surface area contributed by atoms with Crippen molar-refractivity contribution < 1.29 is 24.2 Å². The first kappa shape index (κ1) is 14.2. The number of likely N-dealkylation sites (tertiary alicyclic amines) is 1. The van der Waals surface area contributed by atoms with Gasteiger partial charge in [0.15, 0.2) is 0 Å². The normalized spacial score (nSPS) is 21.7. The van der Waals surface area contributed by atoms with Crippen LogP contribution >= 0.6 is 0 Å². The molecule has 0 aromatic carbocycles. The van der Waals surface area contributed by atoms with Crippen molar-refractivity contribution in [2.75, 3.05) is 46.0 Å². The van der Waals surface area contributed by atoms with E-state index in [1.165, 1.54) is 0 Å². The van der Waals surface area contributed by atoms with E-state index in [1.54, 1.807) is 0 Å². The van der Waals surface area contributed by atoms with Crippen LogP contribution in [0.15, 0.2) is 0 Å². The minimum Gasteiger partial charge on any atom is -0.447 e. The van der Waals surface area contributed by atoms with Gasteiger partial charge in [0, 0.05) is 13.1 Å². The zero-order valence-corrected chi connectivity index (χ0v) is 10.9. The number of rotatable bonds is 5. The van der Waals surface area contributed by atoms with Gasteiger partial charge in [-0.3, -0.25) is 9.69 Å². The number of carbonyl (C=O) groups excluding carboxylic acids is 2. The van der Waals surface area contributed by atoms with Gasteiger partial charge in [0.2, 0.25) is 5.91 Å². The third-order valence-electron chi connectivity index (χ3n) is 3.40. The predicted molar refractivity (Wildman–Crippen MR) is 65.6 cm³/mol. The molecule has 0 saturated carbocycles. The summed E-state index contributed by atoms with van der Waals surface area (Å²) in [6, 6.07) is 0. The number of carbonyl (C=O) groups is 2. The summed E-state index contributed by atoms with van der Waals surface area (Å²) in [5.74, 6) is -0.197. The molecule has 0 atom stereocenters. The summed E-state index contributed by atoms with van der Waals surface area (Å²) in [7, 11) is 0. The van der Waals surface area contributed by atoms with Crippen LogP contribution in [0.3, 0.4) is 0 Å². The van der Waals surface area contributed by atoms with E-state index < -0.39 is 6.09 Å². The van der Waals surface area contributed by atoms with E-state index in [1.807, 2.05) is 4.90 Å². The highest BCUT2D eigenvalue weighted by atomic mass is 16.6. The molecule has 0 aliphatic carbocycles. The molecule has 7 nitrogen and oxygen atoms in total. The first-order valence-electron chi connectivity index (χ1n) is 6.62. The second-order valence-electron chi connectivity index (χ2n) is 4.73. The topological polar surface area (TPSA) is 79.3 Å². The SMILES string of the molecule is O=C(CN1CCC(OCCO)CC1)N1CCOC1=O. The van der Waals surface area contributed by atoms with Crippen LogP contribution in [0.25, 0.3) is 0 Å². The Morgan fingerprint density at radius 2 is 2.11 bits per heavy atom. The Kier molecular flexibility index (Phi) is 5.12. The molecule has 0 aromatic heterocycles. The van der Waals surface area contributed by atoms with E-state index in [-0.39, 0.29) is 25.2 Å². The molecule has 2 heterocycles. The fourth-order valence-corrected chi connectivity index (χ4v) is 2.35. The second-order valence-corrected chi connectivity index (χ2v) is 4.73. The molecule has 2 rings (SSSR count). The molecule has 2 aliphatic heterocycles. The summed E-state index contributed by atoms with van der Waals surface area (Å²) in [5, 5.41) is 8.68. The van der Waals surface area contributed by atoms with Crippen molar-refractivity contribution in [1.29, 1.82) is 0 Å². The summed E-state index contributed by atoms with van der Waals surface area (Å²) < 4.78 is 10.2. The lowest BCUT2D eigenvalue weighted by Crippen LogP contribution is -2.45. The van der Waals surface area contributed by atoms with Gasteiger partial charge in [0.05, 0.1) is 32.4 Å². The van der Waals surface area contributed by atoms with Crippen molar-refractivity contribution in [2.45, 2.75) is 18.9 Å². The van der Waals surface area contributed by atoms with Gasteiger partial charge in [0.1, 0.15) is 6.61 Å². The van der Waals surface area contributed by atoms with Gasteiger partial charge in [-0.2, -0.15) is 0 Å². The number of aliphatic hydroxyl groups is 1. The van der Waals surface area contributed by atoms with E-state index in [0.717, 1.165) is 30.8 Å². The number of ether oxygens (including phenoxy) is 2. The van der Waals surface area contributed by atoms with E-state index >= 15 is 0 Å². The molecule has 2 aliphatic rings. The molecule has 0 spiro atoms. The highest BCUT2D eigenvalue weighted by molar-refractivity contribution is 5.94. The van der Waals surface area contributed by atoms with Crippen LogP contribution in [-0.4, -0.2) is 79.0 Å². The fraction of sp³-hybridized carbons (Fsp3) is 0.833. The number of cyclic esters (lactones) is 1. The zero-order valence-electron chi connectivity index (χ0n) is 10.9. The maximum absolute atomic E-state index is 11.9. The van der Waals surface area contributed by atoms with Crippen LogP contribution in [0, 0.1) is 0 Å². The third kappa shape index (κ3) is 3.89. The van der Waals surface area contributed by atoms with Gasteiger partial charge < -0.3 is 14.6 Å². The molecule has 19 heavy (non-hydrogen) atoms. The number of amides is 2. The van der Waals surface area contributed by atoms with Crippen LogP contribution in [0.2, 0.25) is 0 Å². The van der Waals surface area contributed by atoms with Gasteiger partial charge in [-0.15, -0.1) is 0 Å². The van der Waals surface area contributed by atoms with Crippen molar-refractivity contribution in [1.82, 2.24) is 9.80 Å². The van der Waals surface area contributed by atoms with Crippen molar-refractivity contribution in [2.24, 2.45) is 0 Å². The van der Waals surface area contributed by atoms with Crippen LogP contribution in [0.5, 0.6) is 0 Å². The molecule has 0 aromatic rings. The largest absolute Gasteiger partial charge is 0.447 e. The first-order valence-corrected chi connectivity index (χ1v) is 6.62. The Balaban J connectivity index is 1.70. The van der Waals surface area contributed by atoms with E-state index in [9.17, 15) is 9.59 Å². The molecule has 2 amide bonds. The maximum Gasteiger partial charge on any atom is 0.416 e. The fourth-order valence-electron chi connectivity index (χ4n) is 2.35. The smallest absolute Gasteiger partial charge is 0.416 e. The monoisotopic (exact) mass is 272 g/mol. The number of hydrogen-bond donors (Lipinski definition) is 1. The molecular formula is C12H20N2O5. The van der Waals surface area contributed by atoms with Crippen LogP contribution in [0.4, 0.5) is 4.79 Å². The Bertz CT molecular complexity index is 328. The van der Waals surface area contributed by atoms with Crippen molar-refractivity contribution in [3.63, 3.8) is 0 Å². The number of aliphatic hydroxyl groups excluding tert-OH is 1. The lowest BCUT2D eigenvalue weighted by atomic mass is 10.1. The van der Waals surface area contributed by atoms with Gasteiger partial charge in [0.25, 0.3) is 0 Å². The first-order chi connectivity index (χ1) is 9.20. The Hall–Kier alpha value is -1.18. The van der Waals surface area contributed by atoms with Gasteiger partial charge in [-0.05, 0) is 12.8 Å². The quantitative estimate of drug-likeness (QED) is 0.722. The van der Waals surface area contributed by atoms with E-state index in [2.05, 4.69) is 0 Å². The summed E-state index contributed by atoms with van der Waals surface area (Å²) in [6.07, 6.45) is 1.32. The summed E-state index contributed by atoms with van der Waals surface area (Å²) in [5.41, 5.74) is 0. The van der Waals surface area contributed by atoms with E-state index in [4.69, 9.17) is 14.6 Å². The number of hydrogen-bond acceptors (Lipinski definition) is 6. The lowest BCUT2D eigenvalue weighted by molar-refractivity contribution is -0.129. The molecular weight excluding hydrogens is 252 g/mol.